The highest BCUT2D eigenvalue weighted by atomic mass is 35.5. The molecule has 1 heterocycles. The van der Waals surface area contributed by atoms with Gasteiger partial charge in [-0.05, 0) is 57.0 Å². The normalized spacial score (nSPS) is 18.4. The van der Waals surface area contributed by atoms with Crippen LogP contribution < -0.4 is 20.5 Å². The molecule has 0 saturated heterocycles. The molecule has 0 radical (unpaired) electrons. The molecule has 33 heavy (non-hydrogen) atoms. The van der Waals surface area contributed by atoms with Gasteiger partial charge >= 0.3 is 0 Å². The van der Waals surface area contributed by atoms with Crippen LogP contribution in [0.25, 0.3) is 0 Å². The summed E-state index contributed by atoms with van der Waals surface area (Å²) in [6, 6.07) is 7.83. The van der Waals surface area contributed by atoms with Gasteiger partial charge in [0.1, 0.15) is 18.2 Å². The number of rotatable bonds is 8. The number of aryl methyl sites for hydroxylation is 1. The second kappa shape index (κ2) is 14.7. The number of carbonyl (C=O) groups is 2. The van der Waals surface area contributed by atoms with Gasteiger partial charge < -0.3 is 20.5 Å². The second-order valence-electron chi connectivity index (χ2n) is 7.76. The monoisotopic (exact) mass is 501 g/mol. The van der Waals surface area contributed by atoms with Crippen LogP contribution in [0.5, 0.6) is 11.5 Å². The summed E-state index contributed by atoms with van der Waals surface area (Å²) in [7, 11) is 1.99. The molecule has 3 N–H and O–H groups in total. The summed E-state index contributed by atoms with van der Waals surface area (Å²) in [6.07, 6.45) is 3.27. The van der Waals surface area contributed by atoms with Gasteiger partial charge in [-0.3, -0.25) is 9.59 Å². The maximum Gasteiger partial charge on any atom is 0.204 e. The van der Waals surface area contributed by atoms with Crippen LogP contribution in [0.2, 0.25) is 10.2 Å². The summed E-state index contributed by atoms with van der Waals surface area (Å²) in [5.74, 6) is 1.23. The molecule has 1 saturated carbocycles. The molecular weight excluding hydrogens is 472 g/mol. The van der Waals surface area contributed by atoms with Crippen molar-refractivity contribution >= 4 is 35.9 Å². The molecular formula is C23H30Cl2FN3O4. The van der Waals surface area contributed by atoms with Gasteiger partial charge in [0, 0.05) is 23.7 Å². The van der Waals surface area contributed by atoms with Crippen LogP contribution in [0.1, 0.15) is 25.5 Å². The van der Waals surface area contributed by atoms with E-state index in [2.05, 4.69) is 23.0 Å². The van der Waals surface area contributed by atoms with Crippen LogP contribution in [-0.4, -0.2) is 44.5 Å². The number of hydrogen-bond donors (Lipinski definition) is 2. The van der Waals surface area contributed by atoms with Crippen molar-refractivity contribution in [2.24, 2.45) is 17.1 Å². The van der Waals surface area contributed by atoms with Gasteiger partial charge in [-0.25, -0.2) is 9.37 Å². The Labute approximate surface area is 203 Å². The number of halogens is 3. The molecule has 3 rings (SSSR count). The number of primary amides is 1. The van der Waals surface area contributed by atoms with Crippen molar-refractivity contribution < 1.29 is 23.5 Å². The van der Waals surface area contributed by atoms with Crippen molar-refractivity contribution in [2.45, 2.75) is 26.7 Å². The van der Waals surface area contributed by atoms with E-state index >= 15 is 0 Å². The molecule has 1 aromatic carbocycles. The number of amides is 1. The Bertz CT molecular complexity index is 890. The summed E-state index contributed by atoms with van der Waals surface area (Å²) in [5.41, 5.74) is 5.34. The predicted molar refractivity (Wildman–Crippen MR) is 127 cm³/mol. The van der Waals surface area contributed by atoms with Crippen LogP contribution in [0.4, 0.5) is 4.39 Å². The van der Waals surface area contributed by atoms with Crippen LogP contribution in [-0.2, 0) is 9.59 Å². The Morgan fingerprint density at radius 1 is 1.24 bits per heavy atom. The fourth-order valence-corrected chi connectivity index (χ4v) is 4.02. The first-order valence-corrected chi connectivity index (χ1v) is 11.0. The second-order valence-corrected chi connectivity index (χ2v) is 8.53. The summed E-state index contributed by atoms with van der Waals surface area (Å²) in [6.45, 7) is 5.83. The van der Waals surface area contributed by atoms with E-state index in [4.69, 9.17) is 37.5 Å². The molecule has 1 aromatic heterocycles. The van der Waals surface area contributed by atoms with Gasteiger partial charge in [0.2, 0.25) is 6.41 Å². The Hall–Kier alpha value is -2.42. The van der Waals surface area contributed by atoms with E-state index in [0.717, 1.165) is 24.2 Å². The molecule has 2 aromatic rings. The van der Waals surface area contributed by atoms with Crippen LogP contribution in [0.3, 0.4) is 0 Å². The number of pyridine rings is 1. The summed E-state index contributed by atoms with van der Waals surface area (Å²) >= 11 is 11.5. The minimum Gasteiger partial charge on any atom is -0.490 e. The predicted octanol–water partition coefficient (Wildman–Crippen LogP) is 4.22. The van der Waals surface area contributed by atoms with Gasteiger partial charge in [0.15, 0.2) is 17.2 Å². The first-order valence-electron chi connectivity index (χ1n) is 10.3. The topological polar surface area (TPSA) is 104 Å². The molecule has 10 heteroatoms. The largest absolute Gasteiger partial charge is 0.490 e. The van der Waals surface area contributed by atoms with Gasteiger partial charge in [0.25, 0.3) is 0 Å². The third-order valence-corrected chi connectivity index (χ3v) is 5.39. The van der Waals surface area contributed by atoms with E-state index in [1.54, 1.807) is 0 Å². The van der Waals surface area contributed by atoms with E-state index in [0.29, 0.717) is 29.5 Å². The number of aromatic nitrogens is 1. The molecule has 0 unspecified atom stereocenters. The minimum absolute atomic E-state index is 0.0356. The lowest BCUT2D eigenvalue weighted by atomic mass is 9.63. The number of benzene rings is 1. The maximum absolute atomic E-state index is 12.7. The van der Waals surface area contributed by atoms with Crippen LogP contribution in [0, 0.1) is 24.1 Å². The first kappa shape index (κ1) is 28.6. The molecule has 0 spiro atoms. The van der Waals surface area contributed by atoms with Gasteiger partial charge in [-0.2, -0.15) is 0 Å². The Balaban J connectivity index is 0.000000314. The fraction of sp³-hybridized carbons (Fsp3) is 0.435. The number of carbonyl (C=O) groups excluding carboxylic acids is 2. The molecule has 1 amide bonds. The van der Waals surface area contributed by atoms with Crippen molar-refractivity contribution in [3.63, 3.8) is 0 Å². The number of nitrogens with two attached hydrogens (primary N) is 1. The molecule has 1 aliphatic carbocycles. The summed E-state index contributed by atoms with van der Waals surface area (Å²) in [4.78, 5) is 22.7. The quantitative estimate of drug-likeness (QED) is 0.414. The van der Waals surface area contributed by atoms with E-state index in [9.17, 15) is 9.18 Å². The van der Waals surface area contributed by atoms with E-state index in [1.807, 2.05) is 26.1 Å². The molecule has 0 aliphatic heterocycles. The zero-order valence-corrected chi connectivity index (χ0v) is 20.5. The third-order valence-electron chi connectivity index (χ3n) is 4.81. The Morgan fingerprint density at radius 3 is 2.42 bits per heavy atom. The lowest BCUT2D eigenvalue weighted by Crippen LogP contribution is -2.47. The highest BCUT2D eigenvalue weighted by Gasteiger charge is 2.42. The average molecular weight is 502 g/mol. The first-order chi connectivity index (χ1) is 15.7. The minimum atomic E-state index is -0.555. The van der Waals surface area contributed by atoms with E-state index in [1.165, 1.54) is 25.0 Å². The van der Waals surface area contributed by atoms with E-state index < -0.39 is 5.82 Å². The van der Waals surface area contributed by atoms with Crippen molar-refractivity contribution in [1.29, 1.82) is 0 Å². The number of hydrogen-bond acceptors (Lipinski definition) is 6. The maximum atomic E-state index is 12.7. The van der Waals surface area contributed by atoms with Gasteiger partial charge in [-0.15, -0.1) is 0 Å². The Kier molecular flexibility index (Phi) is 12.7. The SMILES string of the molecule is CNCC1(COc2ccc(C)nc2Cl)CC(C)C1.NC=O.O=CCOc1ccc(Cl)c(F)c1. The molecule has 0 bridgehead atoms. The molecule has 1 fully saturated rings. The third kappa shape index (κ3) is 9.94. The molecule has 0 atom stereocenters. The lowest BCUT2D eigenvalue weighted by Gasteiger charge is -2.46. The highest BCUT2D eigenvalue weighted by Crippen LogP contribution is 2.45. The van der Waals surface area contributed by atoms with E-state index in [-0.39, 0.29) is 23.5 Å². The fourth-order valence-electron chi connectivity index (χ4n) is 3.65. The molecule has 1 aliphatic rings. The van der Waals surface area contributed by atoms with Crippen LogP contribution >= 0.6 is 23.2 Å². The number of nitrogens with zero attached hydrogens (tertiary/aromatic N) is 1. The molecule has 7 nitrogen and oxygen atoms in total. The average Bonchev–Trinajstić information content (AvgIpc) is 2.74. The van der Waals surface area contributed by atoms with Crippen molar-refractivity contribution in [1.82, 2.24) is 10.3 Å². The van der Waals surface area contributed by atoms with Crippen molar-refractivity contribution in [2.75, 3.05) is 26.8 Å². The van der Waals surface area contributed by atoms with Gasteiger partial charge in [0.05, 0.1) is 11.6 Å². The zero-order valence-electron chi connectivity index (χ0n) is 18.9. The number of nitrogens with one attached hydrogen (secondary N) is 1. The zero-order chi connectivity index (χ0) is 24.9. The highest BCUT2D eigenvalue weighted by molar-refractivity contribution is 6.31. The molecule has 182 valence electrons. The summed E-state index contributed by atoms with van der Waals surface area (Å²) < 4.78 is 23.4. The number of aldehydes is 1. The van der Waals surface area contributed by atoms with Crippen molar-refractivity contribution in [3.8, 4) is 11.5 Å². The van der Waals surface area contributed by atoms with Crippen molar-refractivity contribution in [3.05, 3.63) is 52.0 Å². The summed E-state index contributed by atoms with van der Waals surface area (Å²) in [5, 5.41) is 3.76. The van der Waals surface area contributed by atoms with Crippen LogP contribution in [0.15, 0.2) is 30.3 Å². The standard InChI is InChI=1S/C14H21ClN2O.C8H6ClFO2.CH3NO/c1-10-6-14(7-10,8-16-3)9-18-12-5-4-11(2)17-13(12)15;9-7-2-1-6(5-8(7)10)12-4-3-11;2-1-3/h4-5,10,16H,6-9H2,1-3H3;1-3,5H,4H2;1H,(H2,2,3). The Morgan fingerprint density at radius 2 is 1.91 bits per heavy atom. The number of ether oxygens (including phenoxy) is 2. The smallest absolute Gasteiger partial charge is 0.204 e. The van der Waals surface area contributed by atoms with Gasteiger partial charge in [-0.1, -0.05) is 30.1 Å². The lowest BCUT2D eigenvalue weighted by molar-refractivity contribution is -0.109.